The van der Waals surface area contributed by atoms with Crippen molar-refractivity contribution in [2.24, 2.45) is 5.92 Å². The van der Waals surface area contributed by atoms with Gasteiger partial charge < -0.3 is 9.42 Å². The van der Waals surface area contributed by atoms with Crippen molar-refractivity contribution in [3.05, 3.63) is 41.8 Å². The normalized spacial score (nSPS) is 21.4. The molecule has 6 heteroatoms. The number of carbonyl (C=O) groups is 1. The second-order valence-corrected chi connectivity index (χ2v) is 6.53. The van der Waals surface area contributed by atoms with Gasteiger partial charge in [0.15, 0.2) is 5.82 Å². The molecule has 1 saturated heterocycles. The van der Waals surface area contributed by atoms with Gasteiger partial charge >= 0.3 is 0 Å². The van der Waals surface area contributed by atoms with Crippen LogP contribution in [0.5, 0.6) is 0 Å². The van der Waals surface area contributed by atoms with Gasteiger partial charge in [0.1, 0.15) is 0 Å². The highest BCUT2D eigenvalue weighted by molar-refractivity contribution is 5.93. The summed E-state index contributed by atoms with van der Waals surface area (Å²) in [5.74, 6) is 2.54. The summed E-state index contributed by atoms with van der Waals surface area (Å²) in [6, 6.07) is 3.62. The number of nitrogens with zero attached hydrogens (tertiary/aromatic N) is 4. The van der Waals surface area contributed by atoms with Crippen molar-refractivity contribution >= 4 is 5.91 Å². The van der Waals surface area contributed by atoms with Gasteiger partial charge in [0.25, 0.3) is 5.91 Å². The Balaban J connectivity index is 1.39. The summed E-state index contributed by atoms with van der Waals surface area (Å²) < 4.78 is 5.37. The number of hydrogen-bond acceptors (Lipinski definition) is 5. The Morgan fingerprint density at radius 3 is 3.04 bits per heavy atom. The topological polar surface area (TPSA) is 72.1 Å². The number of aromatic nitrogens is 3. The Morgan fingerprint density at radius 2 is 2.26 bits per heavy atom. The summed E-state index contributed by atoms with van der Waals surface area (Å²) in [7, 11) is 0. The smallest absolute Gasteiger partial charge is 0.255 e. The molecule has 2 fully saturated rings. The quantitative estimate of drug-likeness (QED) is 0.867. The molecule has 1 saturated carbocycles. The number of pyridine rings is 1. The van der Waals surface area contributed by atoms with Crippen LogP contribution in [-0.2, 0) is 6.42 Å². The van der Waals surface area contributed by atoms with E-state index in [0.29, 0.717) is 23.3 Å². The summed E-state index contributed by atoms with van der Waals surface area (Å²) in [6.45, 7) is 1.55. The van der Waals surface area contributed by atoms with E-state index in [1.807, 2.05) is 11.0 Å². The number of amides is 1. The lowest BCUT2D eigenvalue weighted by atomic mass is 9.94. The molecule has 4 rings (SSSR count). The third-order valence-electron chi connectivity index (χ3n) is 4.60. The van der Waals surface area contributed by atoms with Crippen LogP contribution in [0, 0.1) is 5.92 Å². The lowest BCUT2D eigenvalue weighted by molar-refractivity contribution is 0.0667. The lowest BCUT2D eigenvalue weighted by Crippen LogP contribution is -2.40. The van der Waals surface area contributed by atoms with E-state index < -0.39 is 0 Å². The van der Waals surface area contributed by atoms with Crippen molar-refractivity contribution in [3.8, 4) is 0 Å². The van der Waals surface area contributed by atoms with Gasteiger partial charge in [-0.05, 0) is 43.7 Å². The second kappa shape index (κ2) is 6.10. The van der Waals surface area contributed by atoms with E-state index in [9.17, 15) is 4.79 Å². The Labute approximate surface area is 134 Å². The number of likely N-dealkylation sites (tertiary alicyclic amines) is 1. The summed E-state index contributed by atoms with van der Waals surface area (Å²) in [4.78, 5) is 23.0. The molecule has 1 amide bonds. The minimum absolute atomic E-state index is 0.0620. The van der Waals surface area contributed by atoms with Crippen molar-refractivity contribution in [3.63, 3.8) is 0 Å². The van der Waals surface area contributed by atoms with Gasteiger partial charge in [-0.1, -0.05) is 5.16 Å². The summed E-state index contributed by atoms with van der Waals surface area (Å²) in [5, 5.41) is 4.07. The molecule has 3 heterocycles. The molecule has 0 bridgehead atoms. The highest BCUT2D eigenvalue weighted by Crippen LogP contribution is 2.38. The Hall–Kier alpha value is -2.24. The first-order valence-corrected chi connectivity index (χ1v) is 8.31. The summed E-state index contributed by atoms with van der Waals surface area (Å²) >= 11 is 0. The van der Waals surface area contributed by atoms with E-state index in [4.69, 9.17) is 4.52 Å². The molecule has 1 aliphatic carbocycles. The minimum atomic E-state index is 0.0620. The first kappa shape index (κ1) is 14.4. The van der Waals surface area contributed by atoms with Gasteiger partial charge in [-0.3, -0.25) is 9.78 Å². The van der Waals surface area contributed by atoms with Crippen LogP contribution in [0.4, 0.5) is 0 Å². The zero-order chi connectivity index (χ0) is 15.6. The van der Waals surface area contributed by atoms with E-state index in [0.717, 1.165) is 38.2 Å². The standard InChI is InChI=1S/C17H20N4O2/c22-17(14-4-1-7-18-10-14)21-8-2-3-12(11-21)9-15-19-16(20-23-15)13-5-6-13/h1,4,7,10,12-13H,2-3,5-6,8-9,11H2. The molecule has 1 aliphatic heterocycles. The molecule has 6 nitrogen and oxygen atoms in total. The van der Waals surface area contributed by atoms with Crippen molar-refractivity contribution in [1.29, 1.82) is 0 Å². The molecular weight excluding hydrogens is 292 g/mol. The molecule has 2 aromatic rings. The SMILES string of the molecule is O=C(c1cccnc1)N1CCCC(Cc2nc(C3CC3)no2)C1. The third-order valence-corrected chi connectivity index (χ3v) is 4.60. The molecule has 0 spiro atoms. The second-order valence-electron chi connectivity index (χ2n) is 6.53. The van der Waals surface area contributed by atoms with Crippen LogP contribution in [0.1, 0.15) is 53.7 Å². The average molecular weight is 312 g/mol. The largest absolute Gasteiger partial charge is 0.339 e. The van der Waals surface area contributed by atoms with Crippen LogP contribution in [0.3, 0.4) is 0 Å². The predicted octanol–water partition coefficient (Wildman–Crippen LogP) is 2.44. The van der Waals surface area contributed by atoms with E-state index in [1.165, 1.54) is 12.8 Å². The first-order valence-electron chi connectivity index (χ1n) is 8.31. The number of hydrogen-bond donors (Lipinski definition) is 0. The molecular formula is C17H20N4O2. The van der Waals surface area contributed by atoms with Crippen LogP contribution >= 0.6 is 0 Å². The fourth-order valence-corrected chi connectivity index (χ4v) is 3.19. The Morgan fingerprint density at radius 1 is 1.35 bits per heavy atom. The van der Waals surface area contributed by atoms with E-state index >= 15 is 0 Å². The lowest BCUT2D eigenvalue weighted by Gasteiger charge is -2.32. The molecule has 23 heavy (non-hydrogen) atoms. The fourth-order valence-electron chi connectivity index (χ4n) is 3.19. The zero-order valence-electron chi connectivity index (χ0n) is 13.0. The van der Waals surface area contributed by atoms with Gasteiger partial charge in [0.05, 0.1) is 5.56 Å². The van der Waals surface area contributed by atoms with Crippen LogP contribution in [0.25, 0.3) is 0 Å². The molecule has 2 aromatic heterocycles. The molecule has 1 unspecified atom stereocenters. The van der Waals surface area contributed by atoms with Gasteiger partial charge in [-0.2, -0.15) is 4.98 Å². The maximum Gasteiger partial charge on any atom is 0.255 e. The molecule has 2 aliphatic rings. The maximum atomic E-state index is 12.5. The monoisotopic (exact) mass is 312 g/mol. The van der Waals surface area contributed by atoms with Gasteiger partial charge in [0.2, 0.25) is 5.89 Å². The van der Waals surface area contributed by atoms with Crippen molar-refractivity contribution in [2.75, 3.05) is 13.1 Å². The molecule has 0 aromatic carbocycles. The van der Waals surface area contributed by atoms with E-state index in [2.05, 4.69) is 15.1 Å². The maximum absolute atomic E-state index is 12.5. The third kappa shape index (κ3) is 3.25. The fraction of sp³-hybridized carbons (Fsp3) is 0.529. The van der Waals surface area contributed by atoms with Crippen molar-refractivity contribution in [1.82, 2.24) is 20.0 Å². The zero-order valence-corrected chi connectivity index (χ0v) is 13.0. The van der Waals surface area contributed by atoms with E-state index in [1.54, 1.807) is 18.5 Å². The molecule has 0 radical (unpaired) electrons. The average Bonchev–Trinajstić information content (AvgIpc) is 3.35. The van der Waals surface area contributed by atoms with Crippen LogP contribution in [0.2, 0.25) is 0 Å². The number of rotatable bonds is 4. The van der Waals surface area contributed by atoms with Crippen LogP contribution in [-0.4, -0.2) is 39.0 Å². The highest BCUT2D eigenvalue weighted by Gasteiger charge is 2.30. The molecule has 1 atom stereocenters. The highest BCUT2D eigenvalue weighted by atomic mass is 16.5. The van der Waals surface area contributed by atoms with Gasteiger partial charge in [-0.25, -0.2) is 0 Å². The molecule has 0 N–H and O–H groups in total. The van der Waals surface area contributed by atoms with Gasteiger partial charge in [0, 0.05) is 37.8 Å². The van der Waals surface area contributed by atoms with E-state index in [-0.39, 0.29) is 5.91 Å². The summed E-state index contributed by atoms with van der Waals surface area (Å²) in [5.41, 5.74) is 0.655. The molecule has 120 valence electrons. The predicted molar refractivity (Wildman–Crippen MR) is 82.8 cm³/mol. The van der Waals surface area contributed by atoms with Crippen LogP contribution < -0.4 is 0 Å². The number of carbonyl (C=O) groups excluding carboxylic acids is 1. The Bertz CT molecular complexity index is 681. The number of piperidine rings is 1. The summed E-state index contributed by atoms with van der Waals surface area (Å²) in [6.07, 6.45) is 8.54. The first-order chi connectivity index (χ1) is 11.3. The van der Waals surface area contributed by atoms with Gasteiger partial charge in [-0.15, -0.1) is 0 Å². The minimum Gasteiger partial charge on any atom is -0.339 e. The van der Waals surface area contributed by atoms with Crippen LogP contribution in [0.15, 0.2) is 29.0 Å². The van der Waals surface area contributed by atoms with Crippen molar-refractivity contribution < 1.29 is 9.32 Å². The van der Waals surface area contributed by atoms with Crippen molar-refractivity contribution in [2.45, 2.75) is 38.0 Å². The Kier molecular flexibility index (Phi) is 3.81.